The number of phenolic OH excluding ortho intramolecular Hbond substituents is 1. The molecule has 13 nitrogen and oxygen atoms in total. The largest absolute Gasteiger partial charge is 0.508 e. The summed E-state index contributed by atoms with van der Waals surface area (Å²) in [4.78, 5) is 12.2. The minimum atomic E-state index is -4.56. The summed E-state index contributed by atoms with van der Waals surface area (Å²) in [6, 6.07) is 14.3. The summed E-state index contributed by atoms with van der Waals surface area (Å²) in [6.45, 7) is -0.149. The number of nitrogens with one attached hydrogen (secondary N) is 1. The maximum absolute atomic E-state index is 12.2. The van der Waals surface area contributed by atoms with Gasteiger partial charge in [-0.25, -0.2) is 4.72 Å². The van der Waals surface area contributed by atoms with Gasteiger partial charge in [-0.3, -0.25) is 13.7 Å². The lowest BCUT2D eigenvalue weighted by Gasteiger charge is -2.37. The predicted molar refractivity (Wildman–Crippen MR) is 138 cm³/mol. The number of carbonyl (C=O) groups is 1. The van der Waals surface area contributed by atoms with Crippen LogP contribution in [0, 0.1) is 5.92 Å². The van der Waals surface area contributed by atoms with Crippen LogP contribution in [0.25, 0.3) is 11.3 Å². The smallest absolute Gasteiger partial charge is 0.362 e. The number of hydrogen-bond donors (Lipinski definition) is 5. The second-order valence-electron chi connectivity index (χ2n) is 9.32. The Hall–Kier alpha value is -3.40. The van der Waals surface area contributed by atoms with Gasteiger partial charge in [0.15, 0.2) is 0 Å². The molecule has 4 rings (SSSR count). The van der Waals surface area contributed by atoms with Crippen molar-refractivity contribution in [3.63, 3.8) is 0 Å². The number of aromatic hydroxyl groups is 1. The lowest BCUT2D eigenvalue weighted by Crippen LogP contribution is -2.52. The van der Waals surface area contributed by atoms with E-state index in [2.05, 4.69) is 10.3 Å². The van der Waals surface area contributed by atoms with Crippen molar-refractivity contribution in [2.75, 3.05) is 13.2 Å². The van der Waals surface area contributed by atoms with Crippen molar-refractivity contribution in [2.24, 2.45) is 11.7 Å². The van der Waals surface area contributed by atoms with Gasteiger partial charge in [0.25, 0.3) is 5.91 Å². The molecule has 0 aliphatic carbocycles. The van der Waals surface area contributed by atoms with Gasteiger partial charge in [-0.15, -0.1) is 5.10 Å². The zero-order valence-electron chi connectivity index (χ0n) is 20.9. The molecule has 2 heterocycles. The summed E-state index contributed by atoms with van der Waals surface area (Å²) in [5, 5.41) is 38.7. The number of aromatic nitrogens is 3. The first-order valence-electron chi connectivity index (χ1n) is 12.3. The average molecular weight is 562 g/mol. The fraction of sp³-hybridized carbons (Fsp3) is 0.400. The Morgan fingerprint density at radius 2 is 1.87 bits per heavy atom. The van der Waals surface area contributed by atoms with Crippen molar-refractivity contribution in [3.05, 3.63) is 66.4 Å². The van der Waals surface area contributed by atoms with Crippen LogP contribution in [0.15, 0.2) is 60.8 Å². The number of phenols is 1. The molecule has 0 unspecified atom stereocenters. The molecular formula is C25H31N5O8S. The van der Waals surface area contributed by atoms with Gasteiger partial charge >= 0.3 is 10.3 Å². The molecule has 1 fully saturated rings. The number of aryl methyl sites for hydroxylation is 1. The molecular weight excluding hydrogens is 530 g/mol. The minimum Gasteiger partial charge on any atom is -0.508 e. The SMILES string of the molecule is N[C@@H](Cc1ccc(O)cc1)C(=O)NS(=O)(=O)OC[C@H]1OC[C@@H](CCn2cc(-c3ccccc3)nn2)[C@H](O)[C@@H]1O. The lowest BCUT2D eigenvalue weighted by atomic mass is 9.90. The Bertz CT molecular complexity index is 1340. The number of nitrogens with zero attached hydrogens (tertiary/aromatic N) is 3. The molecule has 6 N–H and O–H groups in total. The number of benzene rings is 2. The Balaban J connectivity index is 1.22. The highest BCUT2D eigenvalue weighted by Crippen LogP contribution is 2.25. The fourth-order valence-electron chi connectivity index (χ4n) is 4.15. The van der Waals surface area contributed by atoms with Gasteiger partial charge in [0.05, 0.1) is 31.6 Å². The summed E-state index contributed by atoms with van der Waals surface area (Å²) in [5.41, 5.74) is 8.05. The van der Waals surface area contributed by atoms with Crippen molar-refractivity contribution < 1.29 is 37.5 Å². The van der Waals surface area contributed by atoms with Crippen LogP contribution < -0.4 is 10.5 Å². The zero-order chi connectivity index (χ0) is 28.0. The molecule has 0 bridgehead atoms. The van der Waals surface area contributed by atoms with Gasteiger partial charge in [0.2, 0.25) is 0 Å². The van der Waals surface area contributed by atoms with E-state index >= 15 is 0 Å². The van der Waals surface area contributed by atoms with Gasteiger partial charge in [-0.1, -0.05) is 47.7 Å². The van der Waals surface area contributed by atoms with Crippen molar-refractivity contribution in [2.45, 2.75) is 43.7 Å². The first-order chi connectivity index (χ1) is 18.6. The minimum absolute atomic E-state index is 0.0296. The number of carbonyl (C=O) groups excluding carboxylic acids is 1. The molecule has 210 valence electrons. The molecule has 1 aliphatic heterocycles. The van der Waals surface area contributed by atoms with Crippen molar-refractivity contribution >= 4 is 16.2 Å². The van der Waals surface area contributed by atoms with Crippen molar-refractivity contribution in [1.82, 2.24) is 19.7 Å². The Kier molecular flexibility index (Phi) is 9.27. The molecule has 2 aromatic carbocycles. The highest BCUT2D eigenvalue weighted by molar-refractivity contribution is 7.85. The van der Waals surface area contributed by atoms with Gasteiger partial charge in [0, 0.05) is 18.0 Å². The monoisotopic (exact) mass is 561 g/mol. The Morgan fingerprint density at radius 3 is 2.59 bits per heavy atom. The van der Waals surface area contributed by atoms with E-state index in [-0.39, 0.29) is 18.8 Å². The second kappa shape index (κ2) is 12.6. The Labute approximate surface area is 225 Å². The summed E-state index contributed by atoms with van der Waals surface area (Å²) in [5.74, 6) is -1.38. The van der Waals surface area contributed by atoms with Gasteiger partial charge in [-0.05, 0) is 30.5 Å². The number of ether oxygens (including phenoxy) is 1. The van der Waals surface area contributed by atoms with Crippen LogP contribution in [0.1, 0.15) is 12.0 Å². The molecule has 14 heteroatoms. The second-order valence-corrected chi connectivity index (χ2v) is 10.7. The molecule has 1 aromatic heterocycles. The third kappa shape index (κ3) is 7.81. The molecule has 5 atom stereocenters. The lowest BCUT2D eigenvalue weighted by molar-refractivity contribution is -0.173. The van der Waals surface area contributed by atoms with Crippen LogP contribution in [-0.2, 0) is 37.0 Å². The molecule has 1 aliphatic rings. The van der Waals surface area contributed by atoms with Crippen LogP contribution in [0.5, 0.6) is 5.75 Å². The summed E-state index contributed by atoms with van der Waals surface area (Å²) in [7, 11) is -4.56. The molecule has 1 saturated heterocycles. The molecule has 1 amide bonds. The molecule has 0 radical (unpaired) electrons. The van der Waals surface area contributed by atoms with Crippen LogP contribution in [-0.4, -0.2) is 82.2 Å². The standard InChI is InChI=1S/C25H31N5O8S/c26-20(12-16-6-8-19(31)9-7-16)25(34)28-39(35,36)38-15-22-24(33)23(32)18(14-37-22)10-11-30-13-21(27-29-30)17-4-2-1-3-5-17/h1-9,13,18,20,22-24,31-33H,10-12,14-15,26H2,(H,28,34)/t18-,20+,22-,23+,24-/m1/s1. The molecule has 0 spiro atoms. The van der Waals surface area contributed by atoms with Crippen molar-refractivity contribution in [1.29, 1.82) is 0 Å². The Morgan fingerprint density at radius 1 is 1.15 bits per heavy atom. The highest BCUT2D eigenvalue weighted by Gasteiger charge is 2.39. The predicted octanol–water partition coefficient (Wildman–Crippen LogP) is -0.275. The van der Waals surface area contributed by atoms with Gasteiger partial charge in [0.1, 0.15) is 23.7 Å². The third-order valence-electron chi connectivity index (χ3n) is 6.42. The quantitative estimate of drug-likeness (QED) is 0.206. The maximum Gasteiger partial charge on any atom is 0.362 e. The van der Waals surface area contributed by atoms with E-state index in [1.165, 1.54) is 12.1 Å². The number of aliphatic hydroxyl groups excluding tert-OH is 2. The first kappa shape index (κ1) is 28.6. The van der Waals surface area contributed by atoms with Crippen LogP contribution in [0.4, 0.5) is 0 Å². The van der Waals surface area contributed by atoms with Crippen LogP contribution in [0.2, 0.25) is 0 Å². The van der Waals surface area contributed by atoms with Crippen LogP contribution >= 0.6 is 0 Å². The number of nitrogens with two attached hydrogens (primary N) is 1. The summed E-state index contributed by atoms with van der Waals surface area (Å²) >= 11 is 0. The summed E-state index contributed by atoms with van der Waals surface area (Å²) in [6.07, 6.45) is -1.50. The topological polar surface area (TPSA) is 199 Å². The molecule has 3 aromatic rings. The molecule has 0 saturated carbocycles. The third-order valence-corrected chi connectivity index (χ3v) is 7.31. The molecule has 39 heavy (non-hydrogen) atoms. The van der Waals surface area contributed by atoms with Gasteiger partial charge in [-0.2, -0.15) is 8.42 Å². The number of rotatable bonds is 11. The fourth-order valence-corrected chi connectivity index (χ4v) is 4.92. The van der Waals surface area contributed by atoms with E-state index < -0.39 is 53.1 Å². The first-order valence-corrected chi connectivity index (χ1v) is 13.7. The maximum atomic E-state index is 12.2. The van der Waals surface area contributed by atoms with Crippen molar-refractivity contribution in [3.8, 4) is 17.0 Å². The normalized spacial score (nSPS) is 22.3. The van der Waals surface area contributed by atoms with Gasteiger partial charge < -0.3 is 25.8 Å². The van der Waals surface area contributed by atoms with Crippen LogP contribution in [0.3, 0.4) is 0 Å². The average Bonchev–Trinajstić information content (AvgIpc) is 3.39. The van der Waals surface area contributed by atoms with E-state index in [0.29, 0.717) is 24.2 Å². The zero-order valence-corrected chi connectivity index (χ0v) is 21.7. The number of aliphatic hydroxyl groups is 2. The van der Waals surface area contributed by atoms with E-state index in [4.69, 9.17) is 14.7 Å². The summed E-state index contributed by atoms with van der Waals surface area (Å²) < 4.78 is 38.2. The van der Waals surface area contributed by atoms with E-state index in [1.807, 2.05) is 30.3 Å². The van der Waals surface area contributed by atoms with E-state index in [9.17, 15) is 28.5 Å². The van der Waals surface area contributed by atoms with E-state index in [1.54, 1.807) is 27.7 Å². The highest BCUT2D eigenvalue weighted by atomic mass is 32.2. The number of hydrogen-bond acceptors (Lipinski definition) is 11. The number of amides is 1. The van der Waals surface area contributed by atoms with E-state index in [0.717, 1.165) is 5.56 Å².